The van der Waals surface area contributed by atoms with Gasteiger partial charge in [-0.25, -0.2) is 0 Å². The lowest BCUT2D eigenvalue weighted by Gasteiger charge is -2.39. The molecule has 3 rings (SSSR count). The lowest BCUT2D eigenvalue weighted by molar-refractivity contribution is -0.148. The van der Waals surface area contributed by atoms with E-state index in [-0.39, 0.29) is 11.8 Å². The van der Waals surface area contributed by atoms with Crippen LogP contribution < -0.4 is 0 Å². The van der Waals surface area contributed by atoms with Crippen molar-refractivity contribution in [1.82, 2.24) is 4.90 Å². The topological polar surface area (TPSA) is 57.6 Å². The summed E-state index contributed by atoms with van der Waals surface area (Å²) in [6.45, 7) is 1.04. The Labute approximate surface area is 128 Å². The molecule has 0 radical (unpaired) electrons. The average Bonchev–Trinajstić information content (AvgIpc) is 3.32. The number of rotatable bonds is 3. The summed E-state index contributed by atoms with van der Waals surface area (Å²) >= 11 is 5.88. The predicted octanol–water partition coefficient (Wildman–Crippen LogP) is 2.69. The zero-order valence-electron chi connectivity index (χ0n) is 11.7. The molecule has 4 nitrogen and oxygen atoms in total. The highest BCUT2D eigenvalue weighted by Gasteiger charge is 2.45. The summed E-state index contributed by atoms with van der Waals surface area (Å²) in [4.78, 5) is 25.8. The van der Waals surface area contributed by atoms with Crippen molar-refractivity contribution < 1.29 is 14.7 Å². The third kappa shape index (κ3) is 2.64. The molecule has 2 aliphatic rings. The zero-order chi connectivity index (χ0) is 15.0. The van der Waals surface area contributed by atoms with E-state index >= 15 is 0 Å². The minimum Gasteiger partial charge on any atom is -0.481 e. The lowest BCUT2D eigenvalue weighted by atomic mass is 9.73. The van der Waals surface area contributed by atoms with Crippen LogP contribution in [0.2, 0.25) is 5.02 Å². The minimum absolute atomic E-state index is 0.192. The van der Waals surface area contributed by atoms with Crippen molar-refractivity contribution in [3.8, 4) is 0 Å². The number of halogens is 1. The fourth-order valence-corrected chi connectivity index (χ4v) is 3.22. The lowest BCUT2D eigenvalue weighted by Crippen LogP contribution is -2.49. The van der Waals surface area contributed by atoms with Crippen LogP contribution in [0.4, 0.5) is 0 Å². The fraction of sp³-hybridized carbons (Fsp3) is 0.500. The number of amides is 1. The van der Waals surface area contributed by atoms with Gasteiger partial charge in [-0.2, -0.15) is 0 Å². The van der Waals surface area contributed by atoms with Crippen molar-refractivity contribution in [1.29, 1.82) is 0 Å². The van der Waals surface area contributed by atoms with E-state index in [1.807, 2.05) is 4.90 Å². The van der Waals surface area contributed by atoms with E-state index in [1.54, 1.807) is 24.3 Å². The van der Waals surface area contributed by atoms with Gasteiger partial charge in [-0.05, 0) is 43.4 Å². The molecule has 1 aromatic rings. The number of likely N-dealkylation sites (tertiary alicyclic amines) is 1. The number of benzene rings is 1. The van der Waals surface area contributed by atoms with Gasteiger partial charge in [0, 0.05) is 24.0 Å². The summed E-state index contributed by atoms with van der Waals surface area (Å²) in [5, 5.41) is 10.3. The standard InChI is InChI=1S/C16H18ClNO3/c17-13-5-3-12(4-6-13)16(15(20)21)7-9-18(10-8-16)14(19)11-1-2-11/h3-6,11H,1-2,7-10H2,(H,20,21). The Kier molecular flexibility index (Phi) is 3.66. The van der Waals surface area contributed by atoms with Gasteiger partial charge in [0.05, 0.1) is 5.41 Å². The van der Waals surface area contributed by atoms with Crippen molar-refractivity contribution in [3.63, 3.8) is 0 Å². The molecule has 21 heavy (non-hydrogen) atoms. The van der Waals surface area contributed by atoms with E-state index < -0.39 is 11.4 Å². The first kappa shape index (κ1) is 14.4. The molecular weight excluding hydrogens is 290 g/mol. The summed E-state index contributed by atoms with van der Waals surface area (Å²) in [7, 11) is 0. The van der Waals surface area contributed by atoms with E-state index in [0.717, 1.165) is 18.4 Å². The third-order valence-corrected chi connectivity index (χ3v) is 4.91. The SMILES string of the molecule is O=C(C1CC1)N1CCC(C(=O)O)(c2ccc(Cl)cc2)CC1. The number of carboxylic acid groups (broad SMARTS) is 1. The molecule has 1 aliphatic carbocycles. The number of carbonyl (C=O) groups is 2. The molecule has 5 heteroatoms. The Morgan fingerprint density at radius 3 is 2.19 bits per heavy atom. The first-order chi connectivity index (χ1) is 10.0. The highest BCUT2D eigenvalue weighted by atomic mass is 35.5. The molecule has 1 saturated heterocycles. The van der Waals surface area contributed by atoms with Crippen LogP contribution in [0.25, 0.3) is 0 Å². The van der Waals surface area contributed by atoms with Crippen LogP contribution in [0.15, 0.2) is 24.3 Å². The first-order valence-electron chi connectivity index (χ1n) is 7.31. The van der Waals surface area contributed by atoms with Crippen LogP contribution in [0.1, 0.15) is 31.2 Å². The van der Waals surface area contributed by atoms with Gasteiger partial charge in [0.15, 0.2) is 0 Å². The van der Waals surface area contributed by atoms with Crippen molar-refractivity contribution in [2.45, 2.75) is 31.1 Å². The normalized spacial score (nSPS) is 21.1. The Morgan fingerprint density at radius 1 is 1.14 bits per heavy atom. The molecule has 0 atom stereocenters. The van der Waals surface area contributed by atoms with Gasteiger partial charge in [0.2, 0.25) is 5.91 Å². The van der Waals surface area contributed by atoms with Gasteiger partial charge >= 0.3 is 5.97 Å². The Bertz CT molecular complexity index is 557. The third-order valence-electron chi connectivity index (χ3n) is 4.66. The highest BCUT2D eigenvalue weighted by Crippen LogP contribution is 2.38. The van der Waals surface area contributed by atoms with Crippen molar-refractivity contribution in [3.05, 3.63) is 34.9 Å². The van der Waals surface area contributed by atoms with Gasteiger partial charge in [0.25, 0.3) is 0 Å². The van der Waals surface area contributed by atoms with Crippen LogP contribution in [-0.2, 0) is 15.0 Å². The first-order valence-corrected chi connectivity index (χ1v) is 7.69. The van der Waals surface area contributed by atoms with Gasteiger partial charge in [0.1, 0.15) is 0 Å². The second-order valence-corrected chi connectivity index (χ2v) is 6.43. The van der Waals surface area contributed by atoms with Crippen molar-refractivity contribution >= 4 is 23.5 Å². The van der Waals surface area contributed by atoms with E-state index in [0.29, 0.717) is 31.0 Å². The van der Waals surface area contributed by atoms with Crippen LogP contribution in [0.3, 0.4) is 0 Å². The number of carbonyl (C=O) groups excluding carboxylic acids is 1. The van der Waals surface area contributed by atoms with Crippen molar-refractivity contribution in [2.24, 2.45) is 5.92 Å². The van der Waals surface area contributed by atoms with E-state index in [1.165, 1.54) is 0 Å². The molecule has 1 N–H and O–H groups in total. The Morgan fingerprint density at radius 2 is 1.71 bits per heavy atom. The molecule has 1 aliphatic heterocycles. The summed E-state index contributed by atoms with van der Waals surface area (Å²) < 4.78 is 0. The number of piperidine rings is 1. The quantitative estimate of drug-likeness (QED) is 0.934. The maximum atomic E-state index is 12.1. The van der Waals surface area contributed by atoms with E-state index in [4.69, 9.17) is 11.6 Å². The number of nitrogens with zero attached hydrogens (tertiary/aromatic N) is 1. The Balaban J connectivity index is 1.79. The molecule has 0 unspecified atom stereocenters. The predicted molar refractivity (Wildman–Crippen MR) is 79.3 cm³/mol. The Hall–Kier alpha value is -1.55. The second-order valence-electron chi connectivity index (χ2n) is 5.99. The molecule has 0 aromatic heterocycles. The summed E-state index contributed by atoms with van der Waals surface area (Å²) in [6.07, 6.45) is 2.89. The molecule has 1 amide bonds. The summed E-state index contributed by atoms with van der Waals surface area (Å²) in [5.74, 6) is -0.425. The molecule has 0 bridgehead atoms. The molecule has 112 valence electrons. The second kappa shape index (κ2) is 5.34. The minimum atomic E-state index is -0.898. The van der Waals surface area contributed by atoms with Crippen LogP contribution in [-0.4, -0.2) is 35.0 Å². The maximum Gasteiger partial charge on any atom is 0.314 e. The molecule has 1 heterocycles. The number of hydrogen-bond donors (Lipinski definition) is 1. The van der Waals surface area contributed by atoms with Gasteiger partial charge in [-0.3, -0.25) is 9.59 Å². The molecule has 2 fully saturated rings. The maximum absolute atomic E-state index is 12.1. The fourth-order valence-electron chi connectivity index (χ4n) is 3.09. The zero-order valence-corrected chi connectivity index (χ0v) is 12.5. The van der Waals surface area contributed by atoms with Crippen molar-refractivity contribution in [2.75, 3.05) is 13.1 Å². The summed E-state index contributed by atoms with van der Waals surface area (Å²) in [6, 6.07) is 7.02. The highest BCUT2D eigenvalue weighted by molar-refractivity contribution is 6.30. The average molecular weight is 308 g/mol. The smallest absolute Gasteiger partial charge is 0.314 e. The van der Waals surface area contributed by atoms with Crippen LogP contribution in [0.5, 0.6) is 0 Å². The number of carboxylic acids is 1. The van der Waals surface area contributed by atoms with E-state index in [9.17, 15) is 14.7 Å². The molecular formula is C16H18ClNO3. The van der Waals surface area contributed by atoms with Crippen LogP contribution >= 0.6 is 11.6 Å². The van der Waals surface area contributed by atoms with Gasteiger partial charge in [-0.1, -0.05) is 23.7 Å². The molecule has 1 saturated carbocycles. The van der Waals surface area contributed by atoms with Gasteiger partial charge < -0.3 is 10.0 Å². The molecule has 0 spiro atoms. The van der Waals surface area contributed by atoms with Crippen LogP contribution in [0, 0.1) is 5.92 Å². The summed E-state index contributed by atoms with van der Waals surface area (Å²) in [5.41, 5.74) is -0.122. The van der Waals surface area contributed by atoms with Gasteiger partial charge in [-0.15, -0.1) is 0 Å². The monoisotopic (exact) mass is 307 g/mol. The number of hydrogen-bond acceptors (Lipinski definition) is 2. The van der Waals surface area contributed by atoms with E-state index in [2.05, 4.69) is 0 Å². The molecule has 1 aromatic carbocycles. The number of aliphatic carboxylic acids is 1. The largest absolute Gasteiger partial charge is 0.481 e.